The lowest BCUT2D eigenvalue weighted by Crippen LogP contribution is -2.52. The third-order valence-electron chi connectivity index (χ3n) is 5.80. The molecule has 0 aromatic heterocycles. The summed E-state index contributed by atoms with van der Waals surface area (Å²) in [5.74, 6) is -0.298. The maximum atomic E-state index is 13.8. The Balaban J connectivity index is 2.02. The van der Waals surface area contributed by atoms with Crippen molar-refractivity contribution in [3.05, 3.63) is 95.0 Å². The number of sulfonamides is 1. The molecule has 37 heavy (non-hydrogen) atoms. The van der Waals surface area contributed by atoms with Gasteiger partial charge in [0.1, 0.15) is 18.3 Å². The fraction of sp³-hybridized carbons (Fsp3) is 0.259. The molecule has 0 spiro atoms. The number of carbonyl (C=O) groups is 2. The maximum Gasteiger partial charge on any atom is 0.244 e. The minimum absolute atomic E-state index is 0.0686. The molecule has 10 heteroatoms. The van der Waals surface area contributed by atoms with Gasteiger partial charge in [-0.1, -0.05) is 54.1 Å². The number of carbonyl (C=O) groups excluding carboxylic acids is 2. The molecule has 0 unspecified atom stereocenters. The van der Waals surface area contributed by atoms with Gasteiger partial charge in [0.15, 0.2) is 0 Å². The number of amides is 2. The van der Waals surface area contributed by atoms with Crippen molar-refractivity contribution in [2.75, 3.05) is 31.3 Å². The smallest absolute Gasteiger partial charge is 0.244 e. The predicted molar refractivity (Wildman–Crippen MR) is 145 cm³/mol. The van der Waals surface area contributed by atoms with Crippen molar-refractivity contribution in [3.63, 3.8) is 0 Å². The van der Waals surface area contributed by atoms with Crippen LogP contribution >= 0.6 is 11.6 Å². The Morgan fingerprint density at radius 3 is 2.22 bits per heavy atom. The molecule has 0 bridgehead atoms. The zero-order valence-electron chi connectivity index (χ0n) is 20.9. The summed E-state index contributed by atoms with van der Waals surface area (Å²) in [5.41, 5.74) is 1.88. The van der Waals surface area contributed by atoms with Crippen molar-refractivity contribution < 1.29 is 22.7 Å². The molecular formula is C27H30ClN3O5S. The second kappa shape index (κ2) is 12.6. The first kappa shape index (κ1) is 28.0. The van der Waals surface area contributed by atoms with Gasteiger partial charge < -0.3 is 15.0 Å². The van der Waals surface area contributed by atoms with Crippen LogP contribution in [0.15, 0.2) is 78.9 Å². The first-order valence-electron chi connectivity index (χ1n) is 11.5. The van der Waals surface area contributed by atoms with E-state index in [-0.39, 0.29) is 18.9 Å². The summed E-state index contributed by atoms with van der Waals surface area (Å²) in [6, 6.07) is 21.8. The van der Waals surface area contributed by atoms with E-state index in [0.29, 0.717) is 16.5 Å². The maximum absolute atomic E-state index is 13.8. The van der Waals surface area contributed by atoms with Crippen LogP contribution in [-0.4, -0.2) is 58.1 Å². The van der Waals surface area contributed by atoms with Gasteiger partial charge in [0.2, 0.25) is 21.8 Å². The zero-order chi connectivity index (χ0) is 27.0. The van der Waals surface area contributed by atoms with Crippen LogP contribution in [0.1, 0.15) is 11.1 Å². The van der Waals surface area contributed by atoms with E-state index in [1.54, 1.807) is 37.4 Å². The van der Waals surface area contributed by atoms with E-state index in [9.17, 15) is 18.0 Å². The van der Waals surface area contributed by atoms with Crippen LogP contribution in [0.4, 0.5) is 5.69 Å². The Hall–Kier alpha value is -3.56. The second-order valence-electron chi connectivity index (χ2n) is 8.44. The number of hydrogen-bond donors (Lipinski definition) is 1. The number of nitrogens with zero attached hydrogens (tertiary/aromatic N) is 2. The summed E-state index contributed by atoms with van der Waals surface area (Å²) in [5, 5.41) is 3.08. The van der Waals surface area contributed by atoms with Gasteiger partial charge in [-0.05, 0) is 47.5 Å². The minimum Gasteiger partial charge on any atom is -0.497 e. The highest BCUT2D eigenvalue weighted by Gasteiger charge is 2.32. The van der Waals surface area contributed by atoms with Crippen LogP contribution in [0.2, 0.25) is 5.02 Å². The molecule has 8 nitrogen and oxygen atoms in total. The predicted octanol–water partition coefficient (Wildman–Crippen LogP) is 3.50. The SMILES string of the molecule is CNC(=O)[C@@H](Cc1ccccc1)N(Cc1cccc(OC)c1)C(=O)CN(c1ccc(Cl)cc1)S(C)(=O)=O. The number of likely N-dealkylation sites (N-methyl/N-ethyl adjacent to an activating group) is 1. The third-order valence-corrected chi connectivity index (χ3v) is 7.19. The largest absolute Gasteiger partial charge is 0.497 e. The van der Waals surface area contributed by atoms with E-state index < -0.39 is 28.5 Å². The van der Waals surface area contributed by atoms with Crippen molar-refractivity contribution in [1.29, 1.82) is 0 Å². The van der Waals surface area contributed by atoms with Crippen LogP contribution in [0.25, 0.3) is 0 Å². The molecule has 0 radical (unpaired) electrons. The molecule has 3 rings (SSSR count). The van der Waals surface area contributed by atoms with Crippen molar-refractivity contribution in [2.45, 2.75) is 19.0 Å². The molecule has 0 saturated carbocycles. The van der Waals surface area contributed by atoms with Crippen LogP contribution in [0, 0.1) is 0 Å². The summed E-state index contributed by atoms with van der Waals surface area (Å²) in [7, 11) is -0.784. The topological polar surface area (TPSA) is 96.0 Å². The van der Waals surface area contributed by atoms with Gasteiger partial charge in [-0.25, -0.2) is 8.42 Å². The first-order chi connectivity index (χ1) is 17.6. The fourth-order valence-electron chi connectivity index (χ4n) is 3.91. The number of nitrogens with one attached hydrogen (secondary N) is 1. The molecule has 2 amide bonds. The monoisotopic (exact) mass is 543 g/mol. The van der Waals surface area contributed by atoms with Gasteiger partial charge in [0.25, 0.3) is 0 Å². The Labute approximate surface area is 222 Å². The van der Waals surface area contributed by atoms with Gasteiger partial charge in [-0.2, -0.15) is 0 Å². The summed E-state index contributed by atoms with van der Waals surface area (Å²) in [6.07, 6.45) is 1.28. The summed E-state index contributed by atoms with van der Waals surface area (Å²) < 4.78 is 31.7. The van der Waals surface area contributed by atoms with Gasteiger partial charge >= 0.3 is 0 Å². The average molecular weight is 544 g/mol. The van der Waals surface area contributed by atoms with E-state index >= 15 is 0 Å². The summed E-state index contributed by atoms with van der Waals surface area (Å²) >= 11 is 5.97. The first-order valence-corrected chi connectivity index (χ1v) is 13.8. The lowest BCUT2D eigenvalue weighted by atomic mass is 10.0. The quantitative estimate of drug-likeness (QED) is 0.399. The molecule has 0 heterocycles. The molecule has 0 fully saturated rings. The van der Waals surface area contributed by atoms with Crippen molar-refractivity contribution in [3.8, 4) is 5.75 Å². The molecule has 3 aromatic rings. The number of ether oxygens (including phenoxy) is 1. The lowest BCUT2D eigenvalue weighted by Gasteiger charge is -2.33. The van der Waals surface area contributed by atoms with Gasteiger partial charge in [0, 0.05) is 25.0 Å². The molecule has 0 aliphatic carbocycles. The Kier molecular flexibility index (Phi) is 9.54. The van der Waals surface area contributed by atoms with Crippen molar-refractivity contribution in [2.24, 2.45) is 0 Å². The van der Waals surface area contributed by atoms with Gasteiger partial charge in [0.05, 0.1) is 19.1 Å². The standard InChI is InChI=1S/C27H30ClN3O5S/c1-29-27(33)25(17-20-8-5-4-6-9-20)30(18-21-10-7-11-24(16-21)36-2)26(32)19-31(37(3,34)35)23-14-12-22(28)13-15-23/h4-16,25H,17-19H2,1-3H3,(H,29,33)/t25-/m1/s1. The normalized spacial score (nSPS) is 11.9. The van der Waals surface area contributed by atoms with Crippen molar-refractivity contribution >= 4 is 39.1 Å². The minimum atomic E-state index is -3.83. The Morgan fingerprint density at radius 2 is 1.62 bits per heavy atom. The van der Waals surface area contributed by atoms with Crippen molar-refractivity contribution in [1.82, 2.24) is 10.2 Å². The van der Waals surface area contributed by atoms with E-state index in [1.807, 2.05) is 36.4 Å². The van der Waals surface area contributed by atoms with Crippen LogP contribution < -0.4 is 14.4 Å². The van der Waals surface area contributed by atoms with E-state index in [2.05, 4.69) is 5.32 Å². The summed E-state index contributed by atoms with van der Waals surface area (Å²) in [4.78, 5) is 28.3. The third kappa shape index (κ3) is 7.71. The molecule has 196 valence electrons. The lowest BCUT2D eigenvalue weighted by molar-refractivity contribution is -0.139. The highest BCUT2D eigenvalue weighted by atomic mass is 35.5. The highest BCUT2D eigenvalue weighted by Crippen LogP contribution is 2.23. The fourth-order valence-corrected chi connectivity index (χ4v) is 4.88. The van der Waals surface area contributed by atoms with Crippen LogP contribution in [0.3, 0.4) is 0 Å². The van der Waals surface area contributed by atoms with E-state index in [0.717, 1.165) is 21.7 Å². The summed E-state index contributed by atoms with van der Waals surface area (Å²) in [6.45, 7) is -0.425. The second-order valence-corrected chi connectivity index (χ2v) is 10.8. The number of anilines is 1. The molecule has 1 N–H and O–H groups in total. The van der Waals surface area contributed by atoms with Crippen LogP contribution in [-0.2, 0) is 32.6 Å². The molecule has 3 aromatic carbocycles. The highest BCUT2D eigenvalue weighted by molar-refractivity contribution is 7.92. The zero-order valence-corrected chi connectivity index (χ0v) is 22.5. The van der Waals surface area contributed by atoms with Crippen LogP contribution in [0.5, 0.6) is 5.75 Å². The molecule has 0 aliphatic heterocycles. The van der Waals surface area contributed by atoms with E-state index in [4.69, 9.17) is 16.3 Å². The molecule has 0 saturated heterocycles. The van der Waals surface area contributed by atoms with Gasteiger partial charge in [-0.15, -0.1) is 0 Å². The average Bonchev–Trinajstić information content (AvgIpc) is 2.89. The number of rotatable bonds is 11. The van der Waals surface area contributed by atoms with Gasteiger partial charge in [-0.3, -0.25) is 13.9 Å². The molecular weight excluding hydrogens is 514 g/mol. The Morgan fingerprint density at radius 1 is 0.973 bits per heavy atom. The van der Waals surface area contributed by atoms with E-state index in [1.165, 1.54) is 24.1 Å². The number of hydrogen-bond acceptors (Lipinski definition) is 5. The molecule has 1 atom stereocenters. The number of benzene rings is 3. The Bertz CT molecular complexity index is 1320. The number of halogens is 1. The number of methoxy groups -OCH3 is 1. The molecule has 0 aliphatic rings.